The Hall–Kier alpha value is -4.41. The molecule has 4 aromatic rings. The molecule has 2 N–H and O–H groups in total. The fourth-order valence-corrected chi connectivity index (χ4v) is 4.80. The molecule has 0 unspecified atom stereocenters. The van der Waals surface area contributed by atoms with Gasteiger partial charge in [-0.1, -0.05) is 67.6 Å². The third-order valence-electron chi connectivity index (χ3n) is 7.04. The minimum absolute atomic E-state index is 0. The van der Waals surface area contributed by atoms with Gasteiger partial charge in [0, 0.05) is 33.3 Å². The van der Waals surface area contributed by atoms with Crippen molar-refractivity contribution in [2.24, 2.45) is 0 Å². The molecule has 3 aromatic carbocycles. The molecule has 0 bridgehead atoms. The lowest BCUT2D eigenvalue weighted by atomic mass is 9.88. The highest BCUT2D eigenvalue weighted by molar-refractivity contribution is 5.91. The second-order valence-corrected chi connectivity index (χ2v) is 10.6. The van der Waals surface area contributed by atoms with Gasteiger partial charge in [0.15, 0.2) is 0 Å². The molecule has 0 fully saturated rings. The third kappa shape index (κ3) is 10.1. The number of nitrogens with zero attached hydrogens (tertiary/aromatic N) is 2. The van der Waals surface area contributed by atoms with E-state index in [1.165, 1.54) is 17.0 Å². The molecule has 0 aliphatic rings. The summed E-state index contributed by atoms with van der Waals surface area (Å²) in [7, 11) is 3.35. The van der Waals surface area contributed by atoms with E-state index in [1.807, 2.05) is 37.3 Å². The summed E-state index contributed by atoms with van der Waals surface area (Å²) in [5.41, 5.74) is 3.30. The van der Waals surface area contributed by atoms with E-state index in [0.717, 1.165) is 11.1 Å². The highest BCUT2D eigenvalue weighted by Gasteiger charge is 2.30. The molecule has 0 aliphatic heterocycles. The zero-order chi connectivity index (χ0) is 32.4. The summed E-state index contributed by atoms with van der Waals surface area (Å²) in [6.07, 6.45) is -0.346. The number of aromatic amines is 1. The van der Waals surface area contributed by atoms with Crippen molar-refractivity contribution in [2.45, 2.75) is 25.9 Å². The van der Waals surface area contributed by atoms with Crippen LogP contribution in [0.15, 0.2) is 96.6 Å². The first-order valence-corrected chi connectivity index (χ1v) is 14.6. The van der Waals surface area contributed by atoms with Gasteiger partial charge >= 0.3 is 6.18 Å². The van der Waals surface area contributed by atoms with Gasteiger partial charge in [-0.05, 0) is 64.1 Å². The summed E-state index contributed by atoms with van der Waals surface area (Å²) in [4.78, 5) is 13.1. The van der Waals surface area contributed by atoms with Crippen molar-refractivity contribution in [3.05, 3.63) is 119 Å². The minimum atomic E-state index is -4.50. The molecule has 1 aromatic heterocycles. The van der Waals surface area contributed by atoms with Crippen molar-refractivity contribution in [3.63, 3.8) is 0 Å². The van der Waals surface area contributed by atoms with Crippen LogP contribution in [-0.4, -0.2) is 61.0 Å². The van der Waals surface area contributed by atoms with E-state index >= 15 is 0 Å². The quantitative estimate of drug-likeness (QED) is 0.0663. The van der Waals surface area contributed by atoms with Crippen LogP contribution in [0.2, 0.25) is 0 Å². The minimum Gasteiger partial charge on any atom is -0.492 e. The Morgan fingerprint density at radius 2 is 1.70 bits per heavy atom. The summed E-state index contributed by atoms with van der Waals surface area (Å²) in [5, 5.41) is 9.56. The normalized spacial score (nSPS) is 12.6. The highest BCUT2D eigenvalue weighted by atomic mass is 35.5. The van der Waals surface area contributed by atoms with E-state index in [2.05, 4.69) is 15.5 Å². The van der Waals surface area contributed by atoms with E-state index in [9.17, 15) is 22.4 Å². The van der Waals surface area contributed by atoms with E-state index < -0.39 is 18.5 Å². The monoisotopic (exact) mass is 656 g/mol. The summed E-state index contributed by atoms with van der Waals surface area (Å²) in [5.74, 6) is -0.216. The first-order chi connectivity index (χ1) is 21.6. The maximum Gasteiger partial charge on any atom is 0.393 e. The van der Waals surface area contributed by atoms with Crippen LogP contribution in [0.3, 0.4) is 0 Å². The van der Waals surface area contributed by atoms with Crippen molar-refractivity contribution in [3.8, 4) is 5.75 Å². The number of alkyl halides is 3. The first kappa shape index (κ1) is 36.1. The zero-order valence-electron chi connectivity index (χ0n) is 25.8. The number of carbonyl (C=O) groups excluding carboxylic acids is 1. The molecule has 0 aliphatic carbocycles. The van der Waals surface area contributed by atoms with E-state index in [0.29, 0.717) is 54.1 Å². The number of fused-ring (bicyclic) bond motifs is 1. The number of ether oxygens (including phenoxy) is 1. The maximum atomic E-state index is 14.5. The lowest BCUT2D eigenvalue weighted by Gasteiger charge is -2.18. The van der Waals surface area contributed by atoms with Crippen molar-refractivity contribution in [2.75, 3.05) is 33.8 Å². The number of allylic oxidation sites excluding steroid dienone is 3. The maximum absolute atomic E-state index is 14.5. The Labute approximate surface area is 272 Å². The number of likely N-dealkylation sites (N-methyl/N-ethyl adjacent to an activating group) is 1. The molecule has 11 heteroatoms. The SMILES string of the molecule is CC/C(=C\C(CC(F)(F)F)=C(/c1ccc(OCCNC/C=C/C(=O)N(C)C)cc1)c1ccc2n[nH]c(F)c2c1)c1ccccc1.Cl. The molecule has 6 nitrogen and oxygen atoms in total. The molecule has 0 spiro atoms. The molecule has 1 amide bonds. The molecule has 244 valence electrons. The third-order valence-corrected chi connectivity index (χ3v) is 7.04. The number of nitrogens with one attached hydrogen (secondary N) is 2. The number of H-pyrrole nitrogens is 1. The Balaban J connectivity index is 0.00000576. The average molecular weight is 657 g/mol. The van der Waals surface area contributed by atoms with Crippen molar-refractivity contribution in [1.29, 1.82) is 0 Å². The van der Waals surface area contributed by atoms with Crippen LogP contribution in [0.4, 0.5) is 17.6 Å². The van der Waals surface area contributed by atoms with Crippen LogP contribution in [0.1, 0.15) is 36.5 Å². The van der Waals surface area contributed by atoms with Crippen LogP contribution < -0.4 is 10.1 Å². The van der Waals surface area contributed by atoms with Crippen LogP contribution in [0.25, 0.3) is 22.0 Å². The van der Waals surface area contributed by atoms with Crippen molar-refractivity contribution >= 4 is 40.4 Å². The molecular weight excluding hydrogens is 620 g/mol. The molecule has 0 saturated carbocycles. The summed E-state index contributed by atoms with van der Waals surface area (Å²) in [6, 6.07) is 20.9. The average Bonchev–Trinajstić information content (AvgIpc) is 3.39. The highest BCUT2D eigenvalue weighted by Crippen LogP contribution is 2.38. The van der Waals surface area contributed by atoms with Crippen LogP contribution in [0, 0.1) is 5.95 Å². The molecule has 0 saturated heterocycles. The number of hydrogen-bond acceptors (Lipinski definition) is 4. The summed E-state index contributed by atoms with van der Waals surface area (Å²) in [6.45, 7) is 3.25. The van der Waals surface area contributed by atoms with Crippen molar-refractivity contribution < 1.29 is 27.1 Å². The van der Waals surface area contributed by atoms with Gasteiger partial charge < -0.3 is 15.0 Å². The van der Waals surface area contributed by atoms with Crippen LogP contribution in [0.5, 0.6) is 5.75 Å². The Morgan fingerprint density at radius 3 is 2.35 bits per heavy atom. The van der Waals surface area contributed by atoms with Gasteiger partial charge in [0.2, 0.25) is 11.9 Å². The standard InChI is InChI=1S/C35H36F4N4O2.ClH/c1-4-24(25-9-6-5-7-10-25)21-28(23-35(37,38)39)33(27-14-17-31-30(22-27)34(36)42-41-31)26-12-15-29(16-13-26)45-20-19-40-18-8-11-32(44)43(2)3;/h5-17,21-22,40H,4,18-20,23H2,1-3H3,(H,41,42);1H/b11-8+,24-21+,33-28-;. The predicted molar refractivity (Wildman–Crippen MR) is 177 cm³/mol. The number of amides is 1. The second-order valence-electron chi connectivity index (χ2n) is 10.6. The van der Waals surface area contributed by atoms with Gasteiger partial charge in [-0.15, -0.1) is 12.4 Å². The van der Waals surface area contributed by atoms with Gasteiger partial charge in [-0.25, -0.2) is 0 Å². The van der Waals surface area contributed by atoms with Crippen molar-refractivity contribution in [1.82, 2.24) is 20.4 Å². The number of hydrogen-bond donors (Lipinski definition) is 2. The van der Waals surface area contributed by atoms with Gasteiger partial charge in [-0.3, -0.25) is 9.89 Å². The fraction of sp³-hybridized carbons (Fsp3) is 0.257. The smallest absolute Gasteiger partial charge is 0.393 e. The van der Waals surface area contributed by atoms with Gasteiger partial charge in [0.05, 0.1) is 17.3 Å². The largest absolute Gasteiger partial charge is 0.492 e. The molecule has 0 atom stereocenters. The van der Waals surface area contributed by atoms with Crippen LogP contribution >= 0.6 is 12.4 Å². The zero-order valence-corrected chi connectivity index (χ0v) is 26.6. The molecule has 1 heterocycles. The second kappa shape index (κ2) is 16.8. The molecule has 0 radical (unpaired) electrons. The Bertz CT molecular complexity index is 1680. The fourth-order valence-electron chi connectivity index (χ4n) is 4.80. The number of carbonyl (C=O) groups is 1. The van der Waals surface area contributed by atoms with Gasteiger partial charge in [-0.2, -0.15) is 22.7 Å². The first-order valence-electron chi connectivity index (χ1n) is 14.6. The molecule has 4 rings (SSSR count). The van der Waals surface area contributed by atoms with Gasteiger partial charge in [0.25, 0.3) is 0 Å². The lowest BCUT2D eigenvalue weighted by Crippen LogP contribution is -2.22. The lowest BCUT2D eigenvalue weighted by molar-refractivity contribution is -0.126. The Kier molecular flexibility index (Phi) is 13.1. The molecular formula is C35H37ClF4N4O2. The number of halogens is 5. The number of rotatable bonds is 13. The van der Waals surface area contributed by atoms with E-state index in [1.54, 1.807) is 62.6 Å². The molecule has 46 heavy (non-hydrogen) atoms. The van der Waals surface area contributed by atoms with Crippen LogP contribution in [-0.2, 0) is 4.79 Å². The predicted octanol–water partition coefficient (Wildman–Crippen LogP) is 7.98. The number of benzene rings is 3. The topological polar surface area (TPSA) is 70.2 Å². The Morgan fingerprint density at radius 1 is 1.00 bits per heavy atom. The van der Waals surface area contributed by atoms with E-state index in [4.69, 9.17) is 4.74 Å². The van der Waals surface area contributed by atoms with Gasteiger partial charge in [0.1, 0.15) is 12.4 Å². The summed E-state index contributed by atoms with van der Waals surface area (Å²) < 4.78 is 62.7. The number of aromatic nitrogens is 2. The summed E-state index contributed by atoms with van der Waals surface area (Å²) >= 11 is 0. The van der Waals surface area contributed by atoms with E-state index in [-0.39, 0.29) is 29.3 Å².